The van der Waals surface area contributed by atoms with Crippen molar-refractivity contribution >= 4 is 44.9 Å². The highest BCUT2D eigenvalue weighted by Gasteiger charge is 2.52. The molecule has 14 rings (SSSR count). The van der Waals surface area contributed by atoms with Gasteiger partial charge >= 0.3 is 0 Å². The number of hydrogen-bond acceptors (Lipinski definition) is 2. The maximum absolute atomic E-state index is 2.51. The Hall–Kier alpha value is -9.50. The van der Waals surface area contributed by atoms with E-state index in [1.165, 1.54) is 88.7 Å². The van der Waals surface area contributed by atoms with Gasteiger partial charge in [-0.25, -0.2) is 0 Å². The number of benzene rings is 12. The molecule has 0 fully saturated rings. The fraction of sp³-hybridized carbons (Fsp3) is 0.0141. The van der Waals surface area contributed by atoms with E-state index in [1.807, 2.05) is 0 Å². The summed E-state index contributed by atoms with van der Waals surface area (Å²) in [6.07, 6.45) is 0. The Kier molecular flexibility index (Phi) is 10.1. The van der Waals surface area contributed by atoms with E-state index >= 15 is 0 Å². The first-order chi connectivity index (χ1) is 36.2. The van der Waals surface area contributed by atoms with E-state index in [4.69, 9.17) is 0 Å². The van der Waals surface area contributed by atoms with Gasteiger partial charge in [-0.1, -0.05) is 224 Å². The summed E-state index contributed by atoms with van der Waals surface area (Å²) in [5.41, 5.74) is 23.4. The second-order valence-corrected chi connectivity index (χ2v) is 19.2. The van der Waals surface area contributed by atoms with E-state index in [0.717, 1.165) is 34.1 Å². The van der Waals surface area contributed by atoms with Crippen molar-refractivity contribution in [1.29, 1.82) is 0 Å². The Morgan fingerprint density at radius 2 is 0.616 bits per heavy atom. The maximum atomic E-state index is 2.51. The minimum atomic E-state index is -0.613. The van der Waals surface area contributed by atoms with E-state index in [9.17, 15) is 0 Å². The monoisotopic (exact) mass is 928 g/mol. The summed E-state index contributed by atoms with van der Waals surface area (Å²) in [7, 11) is 0. The lowest BCUT2D eigenvalue weighted by Gasteiger charge is -2.34. The first-order valence-corrected chi connectivity index (χ1v) is 25.2. The first-order valence-electron chi connectivity index (χ1n) is 25.2. The van der Waals surface area contributed by atoms with Gasteiger partial charge < -0.3 is 9.80 Å². The van der Waals surface area contributed by atoms with Gasteiger partial charge in [0.25, 0.3) is 0 Å². The van der Waals surface area contributed by atoms with Gasteiger partial charge in [-0.15, -0.1) is 0 Å². The van der Waals surface area contributed by atoms with Crippen molar-refractivity contribution in [2.45, 2.75) is 5.41 Å². The molecule has 2 aliphatic rings. The molecule has 0 amide bonds. The average Bonchev–Trinajstić information content (AvgIpc) is 3.94. The quantitative estimate of drug-likeness (QED) is 0.142. The van der Waals surface area contributed by atoms with Crippen LogP contribution in [-0.2, 0) is 5.41 Å². The lowest BCUT2D eigenvalue weighted by Crippen LogP contribution is -2.26. The molecule has 0 saturated heterocycles. The van der Waals surface area contributed by atoms with Crippen LogP contribution in [0.5, 0.6) is 0 Å². The molecule has 1 atom stereocenters. The van der Waals surface area contributed by atoms with Gasteiger partial charge in [-0.3, -0.25) is 0 Å². The number of anilines is 6. The molecule has 0 N–H and O–H groups in total. The van der Waals surface area contributed by atoms with Crippen LogP contribution < -0.4 is 9.80 Å². The number of hydrogen-bond donors (Lipinski definition) is 0. The third-order valence-electron chi connectivity index (χ3n) is 15.3. The molecule has 0 heterocycles. The summed E-state index contributed by atoms with van der Waals surface area (Å²) in [5.74, 6) is 0. The average molecular weight is 929 g/mol. The van der Waals surface area contributed by atoms with E-state index in [-0.39, 0.29) is 0 Å². The fourth-order valence-electron chi connectivity index (χ4n) is 12.1. The summed E-state index contributed by atoms with van der Waals surface area (Å²) in [4.78, 5) is 4.91. The van der Waals surface area contributed by atoms with E-state index in [1.54, 1.807) is 0 Å². The molecule has 1 unspecified atom stereocenters. The molecule has 2 nitrogen and oxygen atoms in total. The molecule has 12 aromatic rings. The molecule has 0 radical (unpaired) electrons. The Morgan fingerprint density at radius 3 is 1.15 bits per heavy atom. The highest BCUT2D eigenvalue weighted by molar-refractivity contribution is 6.06. The van der Waals surface area contributed by atoms with Crippen molar-refractivity contribution in [1.82, 2.24) is 0 Å². The minimum absolute atomic E-state index is 0.613. The maximum Gasteiger partial charge on any atom is 0.0727 e. The molecule has 1 spiro atoms. The molecule has 2 heteroatoms. The number of fused-ring (bicyclic) bond motifs is 11. The molecule has 0 saturated carbocycles. The second kappa shape index (κ2) is 17.4. The molecule has 73 heavy (non-hydrogen) atoms. The molecular formula is C71H48N2. The topological polar surface area (TPSA) is 6.48 Å². The summed E-state index contributed by atoms with van der Waals surface area (Å²) < 4.78 is 0. The Balaban J connectivity index is 0.994. The summed E-state index contributed by atoms with van der Waals surface area (Å²) in [5, 5.41) is 2.43. The smallest absolute Gasteiger partial charge is 0.0727 e. The van der Waals surface area contributed by atoms with Gasteiger partial charge in [0.05, 0.1) is 11.1 Å². The Labute approximate surface area is 427 Å². The molecule has 0 aromatic heterocycles. The van der Waals surface area contributed by atoms with Crippen LogP contribution in [0.2, 0.25) is 0 Å². The van der Waals surface area contributed by atoms with Crippen LogP contribution in [-0.4, -0.2) is 0 Å². The summed E-state index contributed by atoms with van der Waals surface area (Å²) >= 11 is 0. The first kappa shape index (κ1) is 42.4. The van der Waals surface area contributed by atoms with Crippen LogP contribution in [0.1, 0.15) is 22.3 Å². The van der Waals surface area contributed by atoms with E-state index < -0.39 is 5.41 Å². The molecule has 2 aliphatic carbocycles. The predicted molar refractivity (Wildman–Crippen MR) is 306 cm³/mol. The molecule has 342 valence electrons. The highest BCUT2D eigenvalue weighted by Crippen LogP contribution is 2.64. The van der Waals surface area contributed by atoms with E-state index in [0.29, 0.717) is 0 Å². The lowest BCUT2D eigenvalue weighted by molar-refractivity contribution is 0.793. The zero-order valence-electron chi connectivity index (χ0n) is 40.1. The number of nitrogens with zero attached hydrogens (tertiary/aromatic N) is 2. The van der Waals surface area contributed by atoms with Gasteiger partial charge in [-0.2, -0.15) is 0 Å². The van der Waals surface area contributed by atoms with Crippen LogP contribution in [0.25, 0.3) is 66.4 Å². The number of rotatable bonds is 9. The van der Waals surface area contributed by atoms with Crippen molar-refractivity contribution in [2.24, 2.45) is 0 Å². The fourth-order valence-corrected chi connectivity index (χ4v) is 12.1. The van der Waals surface area contributed by atoms with Crippen molar-refractivity contribution in [2.75, 3.05) is 9.80 Å². The number of para-hydroxylation sites is 1. The SMILES string of the molecule is c1ccc(-c2ccc(N(c3ccc(-c4ccccc4)cc3)c3ccc4c(c3)C3(c5ccccc5-4)c4ccccc4-c4ccc(N(c5ccccc5)c5ccc6ccccc6c5-c5ccccc5)cc43)cc2)cc1. The van der Waals surface area contributed by atoms with Crippen LogP contribution in [0.15, 0.2) is 291 Å². The van der Waals surface area contributed by atoms with Gasteiger partial charge in [0.1, 0.15) is 0 Å². The molecule has 0 aliphatic heterocycles. The third kappa shape index (κ3) is 6.87. The van der Waals surface area contributed by atoms with E-state index in [2.05, 4.69) is 301 Å². The lowest BCUT2D eigenvalue weighted by atomic mass is 9.70. The second-order valence-electron chi connectivity index (χ2n) is 19.2. The molecule has 0 bridgehead atoms. The minimum Gasteiger partial charge on any atom is -0.310 e. The standard InChI is InChI=1S/C71H48N2/c1-5-19-49(20-6-1)51-33-38-56(39-34-51)72(57-40-35-52(36-41-57)50-21-7-2-8-22-50)58-42-44-63-61-29-15-17-31-65(61)71(67(63)47-58)66-32-18-16-30-62(66)64-45-43-59(48-68(64)71)73(55-26-11-4-12-27-55)69-46-37-53-23-13-14-28-60(53)70(69)54-24-9-3-10-25-54/h1-48H. The van der Waals surface area contributed by atoms with Gasteiger partial charge in [0.2, 0.25) is 0 Å². The van der Waals surface area contributed by atoms with Crippen molar-refractivity contribution in [3.05, 3.63) is 313 Å². The predicted octanol–water partition coefficient (Wildman–Crippen LogP) is 19.1. The Bertz CT molecular complexity index is 3900. The molecular weight excluding hydrogens is 881 g/mol. The highest BCUT2D eigenvalue weighted by atomic mass is 15.1. The van der Waals surface area contributed by atoms with Crippen LogP contribution in [0.3, 0.4) is 0 Å². The van der Waals surface area contributed by atoms with Gasteiger partial charge in [-0.05, 0) is 150 Å². The molecule has 12 aromatic carbocycles. The largest absolute Gasteiger partial charge is 0.310 e. The third-order valence-corrected chi connectivity index (χ3v) is 15.3. The normalized spacial score (nSPS) is 13.8. The Morgan fingerprint density at radius 1 is 0.233 bits per heavy atom. The van der Waals surface area contributed by atoms with Gasteiger partial charge in [0.15, 0.2) is 0 Å². The van der Waals surface area contributed by atoms with Gasteiger partial charge in [0, 0.05) is 34.0 Å². The van der Waals surface area contributed by atoms with Crippen molar-refractivity contribution in [3.63, 3.8) is 0 Å². The van der Waals surface area contributed by atoms with Crippen LogP contribution in [0.4, 0.5) is 34.1 Å². The zero-order chi connectivity index (χ0) is 48.3. The summed E-state index contributed by atoms with van der Waals surface area (Å²) in [6.45, 7) is 0. The van der Waals surface area contributed by atoms with Crippen molar-refractivity contribution in [3.8, 4) is 55.6 Å². The summed E-state index contributed by atoms with van der Waals surface area (Å²) in [6, 6.07) is 107. The van der Waals surface area contributed by atoms with Crippen molar-refractivity contribution < 1.29 is 0 Å². The van der Waals surface area contributed by atoms with Crippen LogP contribution >= 0.6 is 0 Å². The van der Waals surface area contributed by atoms with Crippen LogP contribution in [0, 0.1) is 0 Å². The zero-order valence-corrected chi connectivity index (χ0v) is 40.1.